The number of thioether (sulfide) groups is 1. The van der Waals surface area contributed by atoms with Gasteiger partial charge in [-0.05, 0) is 32.9 Å². The summed E-state index contributed by atoms with van der Waals surface area (Å²) in [5, 5.41) is 9.97. The molecule has 2 aliphatic heterocycles. The van der Waals surface area contributed by atoms with Crippen molar-refractivity contribution in [3.8, 4) is 0 Å². The number of aromatic nitrogens is 3. The Hall–Kier alpha value is -1.59. The van der Waals surface area contributed by atoms with Crippen molar-refractivity contribution in [1.29, 1.82) is 0 Å². The van der Waals surface area contributed by atoms with Crippen LogP contribution in [0.25, 0.3) is 0 Å². The van der Waals surface area contributed by atoms with Gasteiger partial charge in [-0.15, -0.1) is 22.0 Å². The fourth-order valence-corrected chi connectivity index (χ4v) is 4.86. The fourth-order valence-electron chi connectivity index (χ4n) is 3.19. The SMILES string of the molecule is CC1=C2C(c3ccc(Cl)cc3)=NCc3nnc(C)n3C2SC1C. The molecule has 2 aliphatic rings. The Labute approximate surface area is 144 Å². The number of aliphatic imine (C=N–C) groups is 1. The number of hydrogen-bond acceptors (Lipinski definition) is 4. The minimum atomic E-state index is 0.201. The van der Waals surface area contributed by atoms with Gasteiger partial charge in [0.05, 0.1) is 12.3 Å². The molecule has 0 N–H and O–H groups in total. The van der Waals surface area contributed by atoms with Crippen LogP contribution in [0.5, 0.6) is 0 Å². The van der Waals surface area contributed by atoms with Crippen LogP contribution in [0.2, 0.25) is 5.02 Å². The first-order chi connectivity index (χ1) is 11.1. The lowest BCUT2D eigenvalue weighted by atomic mass is 9.97. The van der Waals surface area contributed by atoms with E-state index in [4.69, 9.17) is 16.6 Å². The van der Waals surface area contributed by atoms with Gasteiger partial charge in [-0.25, -0.2) is 0 Å². The van der Waals surface area contributed by atoms with E-state index in [0.717, 1.165) is 27.9 Å². The second kappa shape index (κ2) is 5.49. The summed E-state index contributed by atoms with van der Waals surface area (Å²) in [6.45, 7) is 7.03. The number of nitrogens with zero attached hydrogens (tertiary/aromatic N) is 4. The Balaban J connectivity index is 1.91. The number of rotatable bonds is 1. The molecule has 3 heterocycles. The van der Waals surface area contributed by atoms with Crippen molar-refractivity contribution in [2.75, 3.05) is 0 Å². The van der Waals surface area contributed by atoms with E-state index in [0.29, 0.717) is 11.8 Å². The van der Waals surface area contributed by atoms with Crippen LogP contribution in [-0.4, -0.2) is 25.7 Å². The first kappa shape index (κ1) is 15.0. The third kappa shape index (κ3) is 2.34. The minimum Gasteiger partial charge on any atom is -0.297 e. The van der Waals surface area contributed by atoms with Crippen molar-refractivity contribution in [2.24, 2.45) is 4.99 Å². The molecule has 0 fully saturated rings. The topological polar surface area (TPSA) is 43.1 Å². The minimum absolute atomic E-state index is 0.201. The number of benzene rings is 1. The number of aryl methyl sites for hydroxylation is 1. The quantitative estimate of drug-likeness (QED) is 0.779. The molecular formula is C17H17ClN4S. The van der Waals surface area contributed by atoms with Crippen LogP contribution in [-0.2, 0) is 6.54 Å². The molecule has 0 spiro atoms. The molecule has 2 unspecified atom stereocenters. The lowest BCUT2D eigenvalue weighted by Gasteiger charge is -2.18. The molecule has 0 radical (unpaired) electrons. The molecule has 118 valence electrons. The molecule has 6 heteroatoms. The average molecular weight is 345 g/mol. The smallest absolute Gasteiger partial charge is 0.156 e. The molecule has 0 bridgehead atoms. The van der Waals surface area contributed by atoms with Gasteiger partial charge in [0.2, 0.25) is 0 Å². The van der Waals surface area contributed by atoms with Crippen molar-refractivity contribution in [1.82, 2.24) is 14.8 Å². The first-order valence-electron chi connectivity index (χ1n) is 7.63. The summed E-state index contributed by atoms with van der Waals surface area (Å²) in [6.07, 6.45) is 0. The van der Waals surface area contributed by atoms with Crippen LogP contribution in [0, 0.1) is 6.92 Å². The molecule has 1 aromatic carbocycles. The zero-order valence-electron chi connectivity index (χ0n) is 13.2. The van der Waals surface area contributed by atoms with Crippen LogP contribution in [0.1, 0.15) is 36.4 Å². The third-order valence-corrected chi connectivity index (χ3v) is 6.26. The number of hydrogen-bond donors (Lipinski definition) is 0. The van der Waals surface area contributed by atoms with Gasteiger partial charge in [0.15, 0.2) is 5.82 Å². The summed E-state index contributed by atoms with van der Waals surface area (Å²) in [6, 6.07) is 7.94. The van der Waals surface area contributed by atoms with Crippen molar-refractivity contribution >= 4 is 29.1 Å². The van der Waals surface area contributed by atoms with Gasteiger partial charge in [-0.3, -0.25) is 9.56 Å². The van der Waals surface area contributed by atoms with Gasteiger partial charge in [0, 0.05) is 21.4 Å². The highest BCUT2D eigenvalue weighted by molar-refractivity contribution is 8.00. The van der Waals surface area contributed by atoms with E-state index in [9.17, 15) is 0 Å². The molecule has 4 nitrogen and oxygen atoms in total. The summed E-state index contributed by atoms with van der Waals surface area (Å²) < 4.78 is 2.24. The Morgan fingerprint density at radius 3 is 2.65 bits per heavy atom. The van der Waals surface area contributed by atoms with Gasteiger partial charge >= 0.3 is 0 Å². The maximum Gasteiger partial charge on any atom is 0.156 e. The van der Waals surface area contributed by atoms with E-state index in [1.807, 2.05) is 43.0 Å². The zero-order chi connectivity index (χ0) is 16.1. The molecule has 4 rings (SSSR count). The van der Waals surface area contributed by atoms with Crippen LogP contribution in [0.3, 0.4) is 0 Å². The average Bonchev–Trinajstić information content (AvgIpc) is 2.97. The predicted molar refractivity (Wildman–Crippen MR) is 95.2 cm³/mol. The highest BCUT2D eigenvalue weighted by Gasteiger charge is 2.37. The Kier molecular flexibility index (Phi) is 3.58. The van der Waals surface area contributed by atoms with E-state index < -0.39 is 0 Å². The second-order valence-electron chi connectivity index (χ2n) is 5.93. The molecule has 1 aromatic heterocycles. The lowest BCUT2D eigenvalue weighted by molar-refractivity contribution is 0.710. The second-order valence-corrected chi connectivity index (χ2v) is 7.79. The molecule has 0 aliphatic carbocycles. The van der Waals surface area contributed by atoms with E-state index in [2.05, 4.69) is 28.6 Å². The Morgan fingerprint density at radius 2 is 1.91 bits per heavy atom. The standard InChI is InChI=1S/C17H17ClN4S/c1-9-10(2)23-17-15(9)16(12-4-6-13(18)7-5-12)19-8-14-21-20-11(3)22(14)17/h4-7,10,17H,8H2,1-3H3. The number of halogens is 1. The largest absolute Gasteiger partial charge is 0.297 e. The van der Waals surface area contributed by atoms with Crippen molar-refractivity contribution in [2.45, 2.75) is 37.9 Å². The summed E-state index contributed by atoms with van der Waals surface area (Å²) >= 11 is 7.98. The molecule has 23 heavy (non-hydrogen) atoms. The Bertz CT molecular complexity index is 835. The third-order valence-electron chi connectivity index (χ3n) is 4.54. The Morgan fingerprint density at radius 1 is 1.17 bits per heavy atom. The van der Waals surface area contributed by atoms with Gasteiger partial charge in [0.25, 0.3) is 0 Å². The summed E-state index contributed by atoms with van der Waals surface area (Å²) in [5.41, 5.74) is 4.85. The van der Waals surface area contributed by atoms with Gasteiger partial charge in [-0.2, -0.15) is 0 Å². The van der Waals surface area contributed by atoms with Gasteiger partial charge in [0.1, 0.15) is 11.2 Å². The zero-order valence-corrected chi connectivity index (χ0v) is 14.8. The molecule has 0 saturated heterocycles. The molecule has 2 aromatic rings. The van der Waals surface area contributed by atoms with E-state index >= 15 is 0 Å². The first-order valence-corrected chi connectivity index (χ1v) is 8.95. The molecule has 0 amide bonds. The van der Waals surface area contributed by atoms with E-state index in [1.165, 1.54) is 11.1 Å². The van der Waals surface area contributed by atoms with Crippen LogP contribution >= 0.6 is 23.4 Å². The van der Waals surface area contributed by atoms with Gasteiger partial charge in [-0.1, -0.05) is 29.3 Å². The lowest BCUT2D eigenvalue weighted by Crippen LogP contribution is -2.14. The van der Waals surface area contributed by atoms with E-state index in [-0.39, 0.29) is 5.37 Å². The highest BCUT2D eigenvalue weighted by Crippen LogP contribution is 2.48. The monoisotopic (exact) mass is 344 g/mol. The van der Waals surface area contributed by atoms with Crippen LogP contribution < -0.4 is 0 Å². The predicted octanol–water partition coefficient (Wildman–Crippen LogP) is 4.19. The summed E-state index contributed by atoms with van der Waals surface area (Å²) in [5.74, 6) is 1.88. The summed E-state index contributed by atoms with van der Waals surface area (Å²) in [4.78, 5) is 4.88. The summed E-state index contributed by atoms with van der Waals surface area (Å²) in [7, 11) is 0. The molecule has 0 saturated carbocycles. The van der Waals surface area contributed by atoms with Crippen molar-refractivity contribution < 1.29 is 0 Å². The normalized spacial score (nSPS) is 23.4. The maximum atomic E-state index is 6.04. The van der Waals surface area contributed by atoms with E-state index in [1.54, 1.807) is 0 Å². The fraction of sp³-hybridized carbons (Fsp3) is 0.353. The molecule has 2 atom stereocenters. The maximum absolute atomic E-state index is 6.04. The van der Waals surface area contributed by atoms with Gasteiger partial charge < -0.3 is 0 Å². The van der Waals surface area contributed by atoms with Crippen molar-refractivity contribution in [3.05, 3.63) is 57.6 Å². The van der Waals surface area contributed by atoms with Crippen LogP contribution in [0.4, 0.5) is 0 Å². The highest BCUT2D eigenvalue weighted by atomic mass is 35.5. The molecular weight excluding hydrogens is 328 g/mol. The van der Waals surface area contributed by atoms with Crippen LogP contribution in [0.15, 0.2) is 40.4 Å². The van der Waals surface area contributed by atoms with Crippen molar-refractivity contribution in [3.63, 3.8) is 0 Å². The number of fused-ring (bicyclic) bond motifs is 3.